The maximum atomic E-state index is 12.4. The molecule has 2 aliphatic carbocycles. The minimum absolute atomic E-state index is 0.0759. The molecule has 0 saturated heterocycles. The molecule has 110 valence electrons. The first-order valence-electron chi connectivity index (χ1n) is 7.81. The number of hydrogen-bond donors (Lipinski definition) is 1. The molecule has 1 N–H and O–H groups in total. The van der Waals surface area contributed by atoms with Crippen molar-refractivity contribution in [3.05, 3.63) is 22.4 Å². The first-order chi connectivity index (χ1) is 9.67. The van der Waals surface area contributed by atoms with Crippen molar-refractivity contribution in [1.82, 2.24) is 9.88 Å². The van der Waals surface area contributed by atoms with Crippen LogP contribution >= 0.6 is 15.9 Å². The average Bonchev–Trinajstić information content (AvgIpc) is 3.11. The summed E-state index contributed by atoms with van der Waals surface area (Å²) >= 11 is 3.46. The first-order valence-corrected chi connectivity index (χ1v) is 8.60. The van der Waals surface area contributed by atoms with Gasteiger partial charge >= 0.3 is 0 Å². The Hall–Kier alpha value is -0.770. The number of aryl methyl sites for hydroxylation is 1. The van der Waals surface area contributed by atoms with E-state index in [4.69, 9.17) is 0 Å². The Kier molecular flexibility index (Phi) is 4.20. The van der Waals surface area contributed by atoms with Crippen LogP contribution in [0.3, 0.4) is 0 Å². The highest BCUT2D eigenvalue weighted by atomic mass is 79.9. The molecule has 3 nitrogen and oxygen atoms in total. The lowest BCUT2D eigenvalue weighted by atomic mass is 9.89. The lowest BCUT2D eigenvalue weighted by molar-refractivity contribution is 0.0932. The Morgan fingerprint density at radius 1 is 1.45 bits per heavy atom. The molecule has 20 heavy (non-hydrogen) atoms. The van der Waals surface area contributed by atoms with Crippen LogP contribution in [0.2, 0.25) is 0 Å². The first kappa shape index (κ1) is 14.2. The van der Waals surface area contributed by atoms with Crippen molar-refractivity contribution < 1.29 is 4.79 Å². The molecular formula is C16H23BrN2O. The van der Waals surface area contributed by atoms with Crippen LogP contribution in [0.5, 0.6) is 0 Å². The summed E-state index contributed by atoms with van der Waals surface area (Å²) in [5, 5.41) is 3.16. The molecule has 3 unspecified atom stereocenters. The van der Waals surface area contributed by atoms with Gasteiger partial charge in [0.2, 0.25) is 0 Å². The Morgan fingerprint density at radius 3 is 2.95 bits per heavy atom. The Balaban J connectivity index is 1.59. The van der Waals surface area contributed by atoms with Gasteiger partial charge in [0.15, 0.2) is 0 Å². The maximum Gasteiger partial charge on any atom is 0.267 e. The summed E-state index contributed by atoms with van der Waals surface area (Å²) < 4.78 is 3.02. The van der Waals surface area contributed by atoms with Crippen molar-refractivity contribution in [3.8, 4) is 0 Å². The maximum absolute atomic E-state index is 12.4. The summed E-state index contributed by atoms with van der Waals surface area (Å²) in [6, 6.07) is 1.92. The zero-order valence-corrected chi connectivity index (χ0v) is 13.7. The number of aromatic nitrogens is 1. The van der Waals surface area contributed by atoms with Crippen LogP contribution in [0.4, 0.5) is 0 Å². The Labute approximate surface area is 129 Å². The second kappa shape index (κ2) is 5.92. The van der Waals surface area contributed by atoms with E-state index >= 15 is 0 Å². The molecule has 4 heteroatoms. The standard InChI is InChI=1S/C16H23BrN2O/c1-2-5-19-10-14(17)8-15(19)16(20)18-9-13-7-11-3-4-12(13)6-11/h8,10-13H,2-7,9H2,1H3,(H,18,20). The van der Waals surface area contributed by atoms with E-state index in [1.165, 1.54) is 25.7 Å². The third-order valence-electron chi connectivity index (χ3n) is 4.97. The normalized spacial score (nSPS) is 28.0. The summed E-state index contributed by atoms with van der Waals surface area (Å²) in [4.78, 5) is 12.4. The van der Waals surface area contributed by atoms with E-state index in [-0.39, 0.29) is 5.91 Å². The van der Waals surface area contributed by atoms with Crippen molar-refractivity contribution in [1.29, 1.82) is 0 Å². The van der Waals surface area contributed by atoms with Gasteiger partial charge in [-0.05, 0) is 65.4 Å². The van der Waals surface area contributed by atoms with E-state index in [0.29, 0.717) is 0 Å². The molecule has 0 radical (unpaired) electrons. The molecule has 0 spiro atoms. The molecule has 0 aromatic carbocycles. The monoisotopic (exact) mass is 338 g/mol. The molecule has 1 amide bonds. The molecule has 3 rings (SSSR count). The van der Waals surface area contributed by atoms with E-state index in [1.54, 1.807) is 0 Å². The minimum atomic E-state index is 0.0759. The van der Waals surface area contributed by atoms with Gasteiger partial charge in [-0.3, -0.25) is 4.79 Å². The molecule has 3 atom stereocenters. The lowest BCUT2D eigenvalue weighted by Gasteiger charge is -2.22. The second-order valence-corrected chi connectivity index (χ2v) is 7.30. The zero-order chi connectivity index (χ0) is 14.1. The van der Waals surface area contributed by atoms with Gasteiger partial charge in [0.1, 0.15) is 5.69 Å². The molecular weight excluding hydrogens is 316 g/mol. The fraction of sp³-hybridized carbons (Fsp3) is 0.688. The van der Waals surface area contributed by atoms with Gasteiger partial charge in [0, 0.05) is 23.8 Å². The Bertz CT molecular complexity index is 497. The fourth-order valence-electron chi connectivity index (χ4n) is 4.03. The van der Waals surface area contributed by atoms with Crippen molar-refractivity contribution in [2.45, 2.75) is 45.6 Å². The Morgan fingerprint density at radius 2 is 2.30 bits per heavy atom. The predicted octanol–water partition coefficient (Wildman–Crippen LogP) is 3.83. The summed E-state index contributed by atoms with van der Waals surface area (Å²) in [5.74, 6) is 2.61. The van der Waals surface area contributed by atoms with Crippen LogP contribution in [0.25, 0.3) is 0 Å². The number of carbonyl (C=O) groups excluding carboxylic acids is 1. The van der Waals surface area contributed by atoms with Crippen LogP contribution in [0, 0.1) is 17.8 Å². The number of rotatable bonds is 5. The molecule has 1 heterocycles. The number of carbonyl (C=O) groups is 1. The molecule has 2 bridgehead atoms. The van der Waals surface area contributed by atoms with Gasteiger partial charge in [-0.1, -0.05) is 13.3 Å². The van der Waals surface area contributed by atoms with Crippen molar-refractivity contribution in [3.63, 3.8) is 0 Å². The average molecular weight is 339 g/mol. The van der Waals surface area contributed by atoms with Crippen LogP contribution in [-0.4, -0.2) is 17.0 Å². The number of amides is 1. The van der Waals surface area contributed by atoms with Crippen LogP contribution in [0.1, 0.15) is 49.5 Å². The molecule has 2 aliphatic rings. The molecule has 2 fully saturated rings. The SMILES string of the molecule is CCCn1cc(Br)cc1C(=O)NCC1CC2CCC1C2. The summed E-state index contributed by atoms with van der Waals surface area (Å²) in [5.41, 5.74) is 0.780. The smallest absolute Gasteiger partial charge is 0.267 e. The van der Waals surface area contributed by atoms with Crippen LogP contribution < -0.4 is 5.32 Å². The summed E-state index contributed by atoms with van der Waals surface area (Å²) in [7, 11) is 0. The highest BCUT2D eigenvalue weighted by Crippen LogP contribution is 2.47. The number of hydrogen-bond acceptors (Lipinski definition) is 1. The molecule has 0 aliphatic heterocycles. The number of nitrogens with zero attached hydrogens (tertiary/aromatic N) is 1. The van der Waals surface area contributed by atoms with Crippen molar-refractivity contribution >= 4 is 21.8 Å². The largest absolute Gasteiger partial charge is 0.350 e. The number of halogens is 1. The van der Waals surface area contributed by atoms with Crippen molar-refractivity contribution in [2.75, 3.05) is 6.54 Å². The fourth-order valence-corrected chi connectivity index (χ4v) is 4.50. The van der Waals surface area contributed by atoms with E-state index in [2.05, 4.69) is 28.2 Å². The van der Waals surface area contributed by atoms with Crippen molar-refractivity contribution in [2.24, 2.45) is 17.8 Å². The number of fused-ring (bicyclic) bond motifs is 2. The number of nitrogens with one attached hydrogen (secondary N) is 1. The van der Waals surface area contributed by atoms with E-state index in [1.807, 2.05) is 16.8 Å². The quantitative estimate of drug-likeness (QED) is 0.869. The van der Waals surface area contributed by atoms with Crippen LogP contribution in [-0.2, 0) is 6.54 Å². The minimum Gasteiger partial charge on any atom is -0.350 e. The van der Waals surface area contributed by atoms with E-state index < -0.39 is 0 Å². The van der Waals surface area contributed by atoms with Gasteiger partial charge in [0.05, 0.1) is 0 Å². The zero-order valence-electron chi connectivity index (χ0n) is 12.1. The summed E-state index contributed by atoms with van der Waals surface area (Å²) in [6.45, 7) is 3.88. The third kappa shape index (κ3) is 2.80. The molecule has 1 aromatic heterocycles. The van der Waals surface area contributed by atoms with E-state index in [0.717, 1.165) is 47.4 Å². The highest BCUT2D eigenvalue weighted by Gasteiger charge is 2.39. The van der Waals surface area contributed by atoms with Gasteiger partial charge in [0.25, 0.3) is 5.91 Å². The van der Waals surface area contributed by atoms with Gasteiger partial charge in [-0.25, -0.2) is 0 Å². The van der Waals surface area contributed by atoms with Gasteiger partial charge < -0.3 is 9.88 Å². The second-order valence-electron chi connectivity index (χ2n) is 6.38. The van der Waals surface area contributed by atoms with Crippen LogP contribution in [0.15, 0.2) is 16.7 Å². The van der Waals surface area contributed by atoms with Gasteiger partial charge in [-0.2, -0.15) is 0 Å². The van der Waals surface area contributed by atoms with Gasteiger partial charge in [-0.15, -0.1) is 0 Å². The lowest BCUT2D eigenvalue weighted by Crippen LogP contribution is -2.32. The molecule has 1 aromatic rings. The summed E-state index contributed by atoms with van der Waals surface area (Å²) in [6.07, 6.45) is 8.55. The topological polar surface area (TPSA) is 34.0 Å². The highest BCUT2D eigenvalue weighted by molar-refractivity contribution is 9.10. The van der Waals surface area contributed by atoms with E-state index in [9.17, 15) is 4.79 Å². The predicted molar refractivity (Wildman–Crippen MR) is 83.7 cm³/mol. The molecule has 2 saturated carbocycles. The third-order valence-corrected chi connectivity index (χ3v) is 5.40.